The number of carbonyl (C=O) groups is 1. The van der Waals surface area contributed by atoms with Gasteiger partial charge in [0.2, 0.25) is 5.91 Å². The molecule has 2 atom stereocenters. The summed E-state index contributed by atoms with van der Waals surface area (Å²) in [6.45, 7) is 10.5. The molecule has 0 aromatic heterocycles. The molecule has 0 radical (unpaired) electrons. The second-order valence-corrected chi connectivity index (χ2v) is 6.82. The fourth-order valence-corrected chi connectivity index (χ4v) is 4.12. The third-order valence-corrected chi connectivity index (χ3v) is 5.59. The molecule has 4 heteroatoms. The molecule has 3 aliphatic heterocycles. The fourth-order valence-electron chi connectivity index (χ4n) is 4.12. The maximum Gasteiger partial charge on any atom is 0.230 e. The van der Waals surface area contributed by atoms with Crippen LogP contribution in [0, 0.1) is 11.3 Å². The molecular formula is C15H27N3O. The fraction of sp³-hybridized carbons (Fsp3) is 0.933. The summed E-state index contributed by atoms with van der Waals surface area (Å²) >= 11 is 0. The van der Waals surface area contributed by atoms with Crippen LogP contribution < -0.4 is 5.32 Å². The highest BCUT2D eigenvalue weighted by Crippen LogP contribution is 2.37. The number of fused-ring (bicyclic) bond motifs is 1. The molecule has 0 aliphatic carbocycles. The first kappa shape index (κ1) is 13.4. The van der Waals surface area contributed by atoms with Crippen LogP contribution in [-0.4, -0.2) is 61.0 Å². The van der Waals surface area contributed by atoms with Gasteiger partial charge in [-0.25, -0.2) is 0 Å². The third kappa shape index (κ3) is 2.19. The van der Waals surface area contributed by atoms with E-state index in [2.05, 4.69) is 29.0 Å². The molecule has 0 spiro atoms. The molecule has 3 fully saturated rings. The lowest BCUT2D eigenvalue weighted by molar-refractivity contribution is -0.146. The lowest BCUT2D eigenvalue weighted by Gasteiger charge is -2.42. The van der Waals surface area contributed by atoms with E-state index in [4.69, 9.17) is 0 Å². The van der Waals surface area contributed by atoms with Gasteiger partial charge in [0.15, 0.2) is 0 Å². The zero-order chi connectivity index (χ0) is 13.5. The number of nitrogens with one attached hydrogen (secondary N) is 1. The molecule has 3 aliphatic rings. The zero-order valence-electron chi connectivity index (χ0n) is 12.3. The summed E-state index contributed by atoms with van der Waals surface area (Å²) in [6, 6.07) is 0.635. The smallest absolute Gasteiger partial charge is 0.230 e. The van der Waals surface area contributed by atoms with Crippen LogP contribution in [0.1, 0.15) is 33.1 Å². The van der Waals surface area contributed by atoms with Gasteiger partial charge < -0.3 is 10.2 Å². The Balaban J connectivity index is 1.72. The van der Waals surface area contributed by atoms with E-state index in [0.717, 1.165) is 39.1 Å². The summed E-state index contributed by atoms with van der Waals surface area (Å²) in [7, 11) is 0. The molecular weight excluding hydrogens is 238 g/mol. The number of nitrogens with zero attached hydrogens (tertiary/aromatic N) is 2. The average Bonchev–Trinajstić information content (AvgIpc) is 3.06. The maximum atomic E-state index is 13.0. The lowest BCUT2D eigenvalue weighted by atomic mass is 9.75. The Morgan fingerprint density at radius 1 is 1.32 bits per heavy atom. The predicted molar refractivity (Wildman–Crippen MR) is 75.9 cm³/mol. The molecule has 0 bridgehead atoms. The third-order valence-electron chi connectivity index (χ3n) is 5.59. The highest BCUT2D eigenvalue weighted by atomic mass is 16.2. The van der Waals surface area contributed by atoms with Gasteiger partial charge in [-0.1, -0.05) is 13.8 Å². The van der Waals surface area contributed by atoms with Gasteiger partial charge in [-0.3, -0.25) is 9.69 Å². The quantitative estimate of drug-likeness (QED) is 0.807. The molecule has 108 valence electrons. The van der Waals surface area contributed by atoms with Gasteiger partial charge in [-0.15, -0.1) is 0 Å². The Kier molecular flexibility index (Phi) is 3.56. The monoisotopic (exact) mass is 265 g/mol. The second-order valence-electron chi connectivity index (χ2n) is 6.82. The summed E-state index contributed by atoms with van der Waals surface area (Å²) in [4.78, 5) is 17.8. The first-order valence-corrected chi connectivity index (χ1v) is 7.87. The Morgan fingerprint density at radius 2 is 2.16 bits per heavy atom. The van der Waals surface area contributed by atoms with Crippen molar-refractivity contribution < 1.29 is 4.79 Å². The standard InChI is InChI=1S/C15H27N3O/c1-12(2)15(5-6-16-11-15)14(19)18-9-8-17-7-3-4-13(17)10-18/h12-13,16H,3-11H2,1-2H3. The summed E-state index contributed by atoms with van der Waals surface area (Å²) < 4.78 is 0. The van der Waals surface area contributed by atoms with Crippen molar-refractivity contribution in [2.45, 2.75) is 39.2 Å². The van der Waals surface area contributed by atoms with Gasteiger partial charge in [0.05, 0.1) is 5.41 Å². The van der Waals surface area contributed by atoms with E-state index in [0.29, 0.717) is 17.9 Å². The summed E-state index contributed by atoms with van der Waals surface area (Å²) in [5.41, 5.74) is -0.138. The Hall–Kier alpha value is -0.610. The van der Waals surface area contributed by atoms with Crippen LogP contribution in [0.15, 0.2) is 0 Å². The molecule has 0 aromatic rings. The molecule has 3 rings (SSSR count). The highest BCUT2D eigenvalue weighted by molar-refractivity contribution is 5.84. The normalized spacial score (nSPS) is 35.9. The highest BCUT2D eigenvalue weighted by Gasteiger charge is 2.47. The van der Waals surface area contributed by atoms with E-state index >= 15 is 0 Å². The molecule has 1 N–H and O–H groups in total. The first-order chi connectivity index (χ1) is 9.13. The molecule has 3 saturated heterocycles. The minimum Gasteiger partial charge on any atom is -0.339 e. The molecule has 0 aromatic carbocycles. The average molecular weight is 265 g/mol. The van der Waals surface area contributed by atoms with E-state index in [1.165, 1.54) is 19.4 Å². The molecule has 3 heterocycles. The number of rotatable bonds is 2. The van der Waals surface area contributed by atoms with Crippen molar-refractivity contribution in [3.63, 3.8) is 0 Å². The first-order valence-electron chi connectivity index (χ1n) is 7.87. The number of amides is 1. The van der Waals surface area contributed by atoms with Crippen molar-refractivity contribution in [2.75, 3.05) is 39.3 Å². The molecule has 1 amide bonds. The van der Waals surface area contributed by atoms with E-state index in [9.17, 15) is 4.79 Å². The van der Waals surface area contributed by atoms with Crippen molar-refractivity contribution in [3.8, 4) is 0 Å². The largest absolute Gasteiger partial charge is 0.339 e. The Labute approximate surface area is 116 Å². The van der Waals surface area contributed by atoms with Crippen LogP contribution in [0.5, 0.6) is 0 Å². The van der Waals surface area contributed by atoms with Crippen LogP contribution in [0.4, 0.5) is 0 Å². The van der Waals surface area contributed by atoms with Gasteiger partial charge in [0, 0.05) is 32.2 Å². The minimum atomic E-state index is -0.138. The number of hydrogen-bond acceptors (Lipinski definition) is 3. The van der Waals surface area contributed by atoms with Crippen LogP contribution in [0.3, 0.4) is 0 Å². The van der Waals surface area contributed by atoms with E-state index < -0.39 is 0 Å². The van der Waals surface area contributed by atoms with Crippen molar-refractivity contribution in [2.24, 2.45) is 11.3 Å². The maximum absolute atomic E-state index is 13.0. The summed E-state index contributed by atoms with van der Waals surface area (Å²) in [5, 5.41) is 3.40. The molecule has 4 nitrogen and oxygen atoms in total. The minimum absolute atomic E-state index is 0.138. The summed E-state index contributed by atoms with van der Waals surface area (Å²) in [6.07, 6.45) is 3.59. The van der Waals surface area contributed by atoms with Crippen LogP contribution in [0.25, 0.3) is 0 Å². The van der Waals surface area contributed by atoms with Gasteiger partial charge in [0.25, 0.3) is 0 Å². The van der Waals surface area contributed by atoms with Crippen molar-refractivity contribution >= 4 is 5.91 Å². The number of hydrogen-bond donors (Lipinski definition) is 1. The van der Waals surface area contributed by atoms with Crippen LogP contribution >= 0.6 is 0 Å². The molecule has 0 saturated carbocycles. The van der Waals surface area contributed by atoms with E-state index in [1.807, 2.05) is 0 Å². The van der Waals surface area contributed by atoms with E-state index in [-0.39, 0.29) is 5.41 Å². The van der Waals surface area contributed by atoms with Crippen LogP contribution in [0.2, 0.25) is 0 Å². The Morgan fingerprint density at radius 3 is 2.84 bits per heavy atom. The predicted octanol–water partition coefficient (Wildman–Crippen LogP) is 0.929. The Bertz CT molecular complexity index is 349. The van der Waals surface area contributed by atoms with E-state index in [1.54, 1.807) is 0 Å². The summed E-state index contributed by atoms with van der Waals surface area (Å²) in [5.74, 6) is 0.843. The molecule has 2 unspecified atom stereocenters. The van der Waals surface area contributed by atoms with Crippen molar-refractivity contribution in [1.82, 2.24) is 15.1 Å². The van der Waals surface area contributed by atoms with Gasteiger partial charge in [-0.05, 0) is 38.3 Å². The van der Waals surface area contributed by atoms with Crippen molar-refractivity contribution in [1.29, 1.82) is 0 Å². The van der Waals surface area contributed by atoms with Crippen LogP contribution in [-0.2, 0) is 4.79 Å². The number of carbonyl (C=O) groups excluding carboxylic acids is 1. The SMILES string of the molecule is CC(C)C1(C(=O)N2CCN3CCCC3C2)CCNC1. The molecule has 19 heavy (non-hydrogen) atoms. The van der Waals surface area contributed by atoms with Gasteiger partial charge >= 0.3 is 0 Å². The van der Waals surface area contributed by atoms with Gasteiger partial charge in [-0.2, -0.15) is 0 Å². The zero-order valence-corrected chi connectivity index (χ0v) is 12.3. The topological polar surface area (TPSA) is 35.6 Å². The number of piperazine rings is 1. The van der Waals surface area contributed by atoms with Gasteiger partial charge in [0.1, 0.15) is 0 Å². The lowest BCUT2D eigenvalue weighted by Crippen LogP contribution is -2.57. The van der Waals surface area contributed by atoms with Crippen molar-refractivity contribution in [3.05, 3.63) is 0 Å². The second kappa shape index (κ2) is 5.06.